The fraction of sp³-hybridized carbons (Fsp3) is 0.588. The lowest BCUT2D eigenvalue weighted by atomic mass is 10.3. The number of fused-ring (bicyclic) bond motifs is 1. The number of hydrogen-bond acceptors (Lipinski definition) is 6. The highest BCUT2D eigenvalue weighted by Crippen LogP contribution is 2.32. The van der Waals surface area contributed by atoms with E-state index in [2.05, 4.69) is 14.9 Å². The van der Waals surface area contributed by atoms with E-state index in [0.29, 0.717) is 6.54 Å². The molecular weight excluding hydrogens is 322 g/mol. The first-order valence-electron chi connectivity index (χ1n) is 8.70. The molecule has 24 heavy (non-hydrogen) atoms. The van der Waals surface area contributed by atoms with Crippen LogP contribution in [0.3, 0.4) is 0 Å². The molecule has 4 rings (SSSR count). The van der Waals surface area contributed by atoms with Gasteiger partial charge in [-0.25, -0.2) is 9.67 Å². The molecule has 0 saturated carbocycles. The summed E-state index contributed by atoms with van der Waals surface area (Å²) in [6.45, 7) is 7.52. The molecule has 0 amide bonds. The SMILES string of the molecule is Cc1ccc(=O)n(CCN2CCN(c3nc4c(s3)CCC4)CC2)n1. The molecule has 2 aromatic rings. The van der Waals surface area contributed by atoms with Gasteiger partial charge in [0.1, 0.15) is 0 Å². The number of nitrogens with zero attached hydrogens (tertiary/aromatic N) is 5. The molecule has 0 unspecified atom stereocenters. The van der Waals surface area contributed by atoms with Crippen LogP contribution < -0.4 is 10.5 Å². The van der Waals surface area contributed by atoms with Crippen LogP contribution in [-0.4, -0.2) is 52.4 Å². The minimum absolute atomic E-state index is 0.0171. The van der Waals surface area contributed by atoms with Crippen LogP contribution >= 0.6 is 11.3 Å². The molecule has 7 heteroatoms. The Kier molecular flexibility index (Phi) is 4.37. The van der Waals surface area contributed by atoms with E-state index in [1.165, 1.54) is 28.5 Å². The number of aryl methyl sites for hydroxylation is 3. The molecule has 3 heterocycles. The monoisotopic (exact) mass is 345 g/mol. The van der Waals surface area contributed by atoms with Gasteiger partial charge in [0.05, 0.1) is 17.9 Å². The summed E-state index contributed by atoms with van der Waals surface area (Å²) in [5.41, 5.74) is 2.20. The fourth-order valence-electron chi connectivity index (χ4n) is 3.42. The van der Waals surface area contributed by atoms with Crippen LogP contribution in [0.2, 0.25) is 0 Å². The molecule has 1 saturated heterocycles. The van der Waals surface area contributed by atoms with Crippen LogP contribution in [0, 0.1) is 6.92 Å². The van der Waals surface area contributed by atoms with Gasteiger partial charge in [0.15, 0.2) is 5.13 Å². The largest absolute Gasteiger partial charge is 0.346 e. The average Bonchev–Trinajstić information content (AvgIpc) is 3.18. The summed E-state index contributed by atoms with van der Waals surface area (Å²) in [5.74, 6) is 0. The highest BCUT2D eigenvalue weighted by atomic mass is 32.1. The van der Waals surface area contributed by atoms with Gasteiger partial charge in [-0.05, 0) is 32.3 Å². The van der Waals surface area contributed by atoms with E-state index in [9.17, 15) is 4.79 Å². The molecule has 1 fully saturated rings. The summed E-state index contributed by atoms with van der Waals surface area (Å²) < 4.78 is 1.58. The first-order chi connectivity index (χ1) is 11.7. The van der Waals surface area contributed by atoms with E-state index in [1.807, 2.05) is 18.3 Å². The zero-order valence-electron chi connectivity index (χ0n) is 14.1. The van der Waals surface area contributed by atoms with Crippen molar-refractivity contribution < 1.29 is 0 Å². The summed E-state index contributed by atoms with van der Waals surface area (Å²) >= 11 is 1.88. The highest BCUT2D eigenvalue weighted by Gasteiger charge is 2.23. The molecule has 2 aliphatic rings. The van der Waals surface area contributed by atoms with Gasteiger partial charge in [-0.1, -0.05) is 0 Å². The van der Waals surface area contributed by atoms with Gasteiger partial charge in [-0.3, -0.25) is 9.69 Å². The van der Waals surface area contributed by atoms with E-state index in [-0.39, 0.29) is 5.56 Å². The number of piperazine rings is 1. The summed E-state index contributed by atoms with van der Waals surface area (Å²) in [6, 6.07) is 3.37. The zero-order valence-corrected chi connectivity index (χ0v) is 14.9. The van der Waals surface area contributed by atoms with Crippen LogP contribution in [0.5, 0.6) is 0 Å². The number of anilines is 1. The molecule has 0 spiro atoms. The molecule has 0 bridgehead atoms. The third-order valence-electron chi connectivity index (χ3n) is 4.86. The molecule has 2 aromatic heterocycles. The summed E-state index contributed by atoms with van der Waals surface area (Å²) in [5, 5.41) is 5.51. The maximum atomic E-state index is 11.8. The van der Waals surface area contributed by atoms with Crippen molar-refractivity contribution >= 4 is 16.5 Å². The minimum Gasteiger partial charge on any atom is -0.346 e. The Morgan fingerprint density at radius 3 is 2.75 bits per heavy atom. The fourth-order valence-corrected chi connectivity index (χ4v) is 4.62. The maximum absolute atomic E-state index is 11.8. The average molecular weight is 345 g/mol. The minimum atomic E-state index is -0.0171. The van der Waals surface area contributed by atoms with Gasteiger partial charge < -0.3 is 4.90 Å². The molecule has 0 N–H and O–H groups in total. The highest BCUT2D eigenvalue weighted by molar-refractivity contribution is 7.15. The Hall–Kier alpha value is -1.73. The Morgan fingerprint density at radius 2 is 1.96 bits per heavy atom. The third kappa shape index (κ3) is 3.23. The third-order valence-corrected chi connectivity index (χ3v) is 6.07. The number of rotatable bonds is 4. The summed E-state index contributed by atoms with van der Waals surface area (Å²) in [7, 11) is 0. The van der Waals surface area contributed by atoms with Crippen molar-refractivity contribution in [2.75, 3.05) is 37.6 Å². The number of thiazole rings is 1. The molecule has 128 valence electrons. The van der Waals surface area contributed by atoms with E-state index >= 15 is 0 Å². The smallest absolute Gasteiger partial charge is 0.266 e. The molecule has 1 aliphatic carbocycles. The predicted octanol–water partition coefficient (Wildman–Crippen LogP) is 1.32. The van der Waals surface area contributed by atoms with Gasteiger partial charge >= 0.3 is 0 Å². The zero-order chi connectivity index (χ0) is 16.5. The van der Waals surface area contributed by atoms with Gasteiger partial charge in [0, 0.05) is 43.7 Å². The maximum Gasteiger partial charge on any atom is 0.266 e. The summed E-state index contributed by atoms with van der Waals surface area (Å²) in [6.07, 6.45) is 3.64. The number of aromatic nitrogens is 3. The van der Waals surface area contributed by atoms with Crippen molar-refractivity contribution in [3.8, 4) is 0 Å². The van der Waals surface area contributed by atoms with Crippen LogP contribution in [0.25, 0.3) is 0 Å². The van der Waals surface area contributed by atoms with Crippen LogP contribution in [0.4, 0.5) is 5.13 Å². The molecular formula is C17H23N5OS. The van der Waals surface area contributed by atoms with E-state index in [4.69, 9.17) is 4.98 Å². The Labute approximate surface area is 145 Å². The predicted molar refractivity (Wildman–Crippen MR) is 96.0 cm³/mol. The van der Waals surface area contributed by atoms with E-state index in [0.717, 1.165) is 44.8 Å². The second kappa shape index (κ2) is 6.64. The second-order valence-electron chi connectivity index (χ2n) is 6.58. The van der Waals surface area contributed by atoms with Gasteiger partial charge in [-0.15, -0.1) is 11.3 Å². The van der Waals surface area contributed by atoms with Crippen LogP contribution in [0.1, 0.15) is 22.7 Å². The van der Waals surface area contributed by atoms with Gasteiger partial charge in [0.2, 0.25) is 0 Å². The van der Waals surface area contributed by atoms with E-state index < -0.39 is 0 Å². The van der Waals surface area contributed by atoms with Gasteiger partial charge in [0.25, 0.3) is 5.56 Å². The first kappa shape index (κ1) is 15.8. The quantitative estimate of drug-likeness (QED) is 0.836. The van der Waals surface area contributed by atoms with Crippen molar-refractivity contribution in [2.24, 2.45) is 0 Å². The molecule has 0 atom stereocenters. The molecule has 0 aromatic carbocycles. The Morgan fingerprint density at radius 1 is 1.12 bits per heavy atom. The lowest BCUT2D eigenvalue weighted by molar-refractivity contribution is 0.242. The first-order valence-corrected chi connectivity index (χ1v) is 9.51. The van der Waals surface area contributed by atoms with E-state index in [1.54, 1.807) is 16.8 Å². The standard InChI is InChI=1S/C17H23N5OS/c1-13-5-6-16(23)22(19-13)12-9-20-7-10-21(11-8-20)17-18-14-3-2-4-15(14)24-17/h5-6H,2-4,7-12H2,1H3. The van der Waals surface area contributed by atoms with Crippen molar-refractivity contribution in [3.63, 3.8) is 0 Å². The Bertz CT molecular complexity index is 754. The van der Waals surface area contributed by atoms with Gasteiger partial charge in [-0.2, -0.15) is 5.10 Å². The second-order valence-corrected chi connectivity index (χ2v) is 7.65. The Balaban J connectivity index is 1.31. The molecule has 6 nitrogen and oxygen atoms in total. The van der Waals surface area contributed by atoms with Crippen molar-refractivity contribution in [2.45, 2.75) is 32.7 Å². The lowest BCUT2D eigenvalue weighted by Crippen LogP contribution is -2.47. The molecule has 0 radical (unpaired) electrons. The van der Waals surface area contributed by atoms with Crippen molar-refractivity contribution in [3.05, 3.63) is 38.8 Å². The van der Waals surface area contributed by atoms with Crippen LogP contribution in [0.15, 0.2) is 16.9 Å². The topological polar surface area (TPSA) is 54.3 Å². The normalized spacial score (nSPS) is 18.1. The van der Waals surface area contributed by atoms with Crippen molar-refractivity contribution in [1.82, 2.24) is 19.7 Å². The van der Waals surface area contributed by atoms with Crippen molar-refractivity contribution in [1.29, 1.82) is 0 Å². The molecule has 1 aliphatic heterocycles. The van der Waals surface area contributed by atoms with Crippen LogP contribution in [-0.2, 0) is 19.4 Å². The number of hydrogen-bond donors (Lipinski definition) is 0. The lowest BCUT2D eigenvalue weighted by Gasteiger charge is -2.34. The summed E-state index contributed by atoms with van der Waals surface area (Å²) in [4.78, 5) is 23.0.